The Labute approximate surface area is 334 Å². The number of benzene rings is 8. The number of allylic oxidation sites excluding steroid dienone is 2. The minimum atomic E-state index is 0.130. The summed E-state index contributed by atoms with van der Waals surface area (Å²) in [7, 11) is 0. The molecule has 11 aromatic rings. The Kier molecular flexibility index (Phi) is 6.65. The maximum absolute atomic E-state index is 5.92. The van der Waals surface area contributed by atoms with E-state index in [1.807, 2.05) is 11.3 Å². The topological polar surface area (TPSA) is 16.8 Å². The monoisotopic (exact) mass is 744 g/mol. The van der Waals surface area contributed by atoms with Gasteiger partial charge in [-0.05, 0) is 123 Å². The number of fused-ring (bicyclic) bond motifs is 15. The molecule has 1 atom stereocenters. The molecule has 1 aliphatic heterocycles. The summed E-state index contributed by atoms with van der Waals surface area (Å²) in [6.07, 6.45) is 6.41. The highest BCUT2D eigenvalue weighted by Crippen LogP contribution is 2.51. The van der Waals surface area contributed by atoms with Crippen LogP contribution in [0.5, 0.6) is 0 Å². The number of para-hydroxylation sites is 2. The third-order valence-electron chi connectivity index (χ3n) is 13.0. The maximum atomic E-state index is 5.92. The summed E-state index contributed by atoms with van der Waals surface area (Å²) in [5.74, 6) is 0.130. The Hall–Kier alpha value is -6.55. The van der Waals surface area contributed by atoms with Gasteiger partial charge in [-0.25, -0.2) is 0 Å². The van der Waals surface area contributed by atoms with Crippen LogP contribution in [0.4, 0.5) is 0 Å². The Morgan fingerprint density at radius 1 is 0.579 bits per heavy atom. The van der Waals surface area contributed by atoms with Crippen molar-refractivity contribution in [2.75, 3.05) is 0 Å². The molecule has 268 valence electrons. The fraction of sp³-hybridized carbons (Fsp3) is 0.0926. The third-order valence-corrected chi connectivity index (χ3v) is 14.2. The van der Waals surface area contributed by atoms with Crippen molar-refractivity contribution in [1.82, 2.24) is 4.40 Å². The van der Waals surface area contributed by atoms with Crippen LogP contribution in [0.3, 0.4) is 0 Å². The third kappa shape index (κ3) is 4.55. The van der Waals surface area contributed by atoms with E-state index in [0.717, 1.165) is 31.4 Å². The molecular weight excluding hydrogens is 709 g/mol. The smallest absolute Gasteiger partial charge is 0.0880 e. The number of aryl methyl sites for hydroxylation is 2. The molecule has 8 aromatic carbocycles. The molecular formula is C54H36N2S. The zero-order valence-corrected chi connectivity index (χ0v) is 32.1. The van der Waals surface area contributed by atoms with Gasteiger partial charge in [-0.1, -0.05) is 121 Å². The second-order valence-corrected chi connectivity index (χ2v) is 17.1. The molecule has 0 spiro atoms. The van der Waals surface area contributed by atoms with Gasteiger partial charge >= 0.3 is 0 Å². The molecule has 0 N–H and O–H groups in total. The van der Waals surface area contributed by atoms with E-state index in [2.05, 4.69) is 168 Å². The first-order chi connectivity index (χ1) is 28.3. The van der Waals surface area contributed by atoms with Crippen molar-refractivity contribution < 1.29 is 0 Å². The summed E-state index contributed by atoms with van der Waals surface area (Å²) in [5.41, 5.74) is 14.4. The van der Waals surface area contributed by atoms with E-state index in [4.69, 9.17) is 4.99 Å². The summed E-state index contributed by atoms with van der Waals surface area (Å²) in [4.78, 5) is 7.23. The summed E-state index contributed by atoms with van der Waals surface area (Å²) in [5, 5.41) is 11.8. The minimum Gasteiger partial charge on any atom is -0.308 e. The summed E-state index contributed by atoms with van der Waals surface area (Å²) >= 11 is 1.91. The molecule has 3 heteroatoms. The molecule has 1 unspecified atom stereocenters. The quantitative estimate of drug-likeness (QED) is 0.168. The van der Waals surface area contributed by atoms with Crippen LogP contribution in [0.2, 0.25) is 0 Å². The lowest BCUT2D eigenvalue weighted by molar-refractivity contribution is 0.701. The highest BCUT2D eigenvalue weighted by molar-refractivity contribution is 7.21. The summed E-state index contributed by atoms with van der Waals surface area (Å²) in [6.45, 7) is 0. The second kappa shape index (κ2) is 12.0. The van der Waals surface area contributed by atoms with Gasteiger partial charge < -0.3 is 4.40 Å². The normalized spacial score (nSPS) is 17.6. The van der Waals surface area contributed by atoms with Gasteiger partial charge in [-0.3, -0.25) is 4.99 Å². The molecule has 4 heterocycles. The maximum Gasteiger partial charge on any atom is 0.0880 e. The Balaban J connectivity index is 1.09. The van der Waals surface area contributed by atoms with Crippen LogP contribution in [0.1, 0.15) is 45.9 Å². The molecule has 1 aliphatic carbocycles. The summed E-state index contributed by atoms with van der Waals surface area (Å²) < 4.78 is 3.86. The SMILES string of the molecule is C1=C(C2CCc3cc4c5ccccc5n5c6ccccc6c(c3-c3cc6ccccc6cc32)c45)\N=C(\c2ccc3ccccc3c2)c2sc3ccccc3c2CC/1. The van der Waals surface area contributed by atoms with Crippen molar-refractivity contribution in [3.8, 4) is 11.1 Å². The number of nitrogens with zero attached hydrogens (tertiary/aromatic N) is 2. The lowest BCUT2D eigenvalue weighted by atomic mass is 9.85. The van der Waals surface area contributed by atoms with Crippen molar-refractivity contribution in [1.29, 1.82) is 0 Å². The summed E-state index contributed by atoms with van der Waals surface area (Å²) in [6, 6.07) is 59.1. The number of thiophene rings is 1. The van der Waals surface area contributed by atoms with Gasteiger partial charge in [-0.2, -0.15) is 0 Å². The lowest BCUT2D eigenvalue weighted by Crippen LogP contribution is -2.11. The van der Waals surface area contributed by atoms with Gasteiger partial charge in [0.1, 0.15) is 0 Å². The first kappa shape index (κ1) is 31.6. The number of aliphatic imine (C=N–C) groups is 1. The van der Waals surface area contributed by atoms with Crippen molar-refractivity contribution in [2.24, 2.45) is 4.99 Å². The van der Waals surface area contributed by atoms with Crippen LogP contribution in [-0.2, 0) is 12.8 Å². The average Bonchev–Trinajstić information content (AvgIpc) is 3.87. The first-order valence-electron chi connectivity index (χ1n) is 20.3. The van der Waals surface area contributed by atoms with Crippen LogP contribution in [0, 0.1) is 0 Å². The van der Waals surface area contributed by atoms with Crippen LogP contribution in [-0.4, -0.2) is 10.1 Å². The Morgan fingerprint density at radius 2 is 1.26 bits per heavy atom. The predicted octanol–water partition coefficient (Wildman–Crippen LogP) is 14.4. The first-order valence-corrected chi connectivity index (χ1v) is 21.1. The van der Waals surface area contributed by atoms with Gasteiger partial charge in [0.15, 0.2) is 0 Å². The van der Waals surface area contributed by atoms with Crippen LogP contribution < -0.4 is 0 Å². The van der Waals surface area contributed by atoms with E-state index < -0.39 is 0 Å². The highest BCUT2D eigenvalue weighted by Gasteiger charge is 2.32. The molecule has 0 radical (unpaired) electrons. The Morgan fingerprint density at radius 3 is 2.11 bits per heavy atom. The molecule has 0 saturated heterocycles. The zero-order chi connectivity index (χ0) is 37.2. The minimum absolute atomic E-state index is 0.130. The molecule has 0 fully saturated rings. The fourth-order valence-corrected chi connectivity index (χ4v) is 11.7. The zero-order valence-electron chi connectivity index (χ0n) is 31.3. The van der Waals surface area contributed by atoms with Crippen LogP contribution in [0.25, 0.3) is 80.9 Å². The van der Waals surface area contributed by atoms with E-state index >= 15 is 0 Å². The molecule has 0 amide bonds. The van der Waals surface area contributed by atoms with Crippen LogP contribution in [0.15, 0.2) is 174 Å². The molecule has 0 bridgehead atoms. The number of hydrogen-bond acceptors (Lipinski definition) is 2. The highest BCUT2D eigenvalue weighted by atomic mass is 32.1. The van der Waals surface area contributed by atoms with Crippen molar-refractivity contribution >= 4 is 86.8 Å². The lowest BCUT2D eigenvalue weighted by Gasteiger charge is -2.23. The second-order valence-electron chi connectivity index (χ2n) is 16.0. The largest absolute Gasteiger partial charge is 0.308 e. The van der Waals surface area contributed by atoms with Crippen molar-refractivity contribution in [3.05, 3.63) is 197 Å². The number of aromatic nitrogens is 1. The van der Waals surface area contributed by atoms with E-state index in [-0.39, 0.29) is 5.92 Å². The van der Waals surface area contributed by atoms with E-state index in [1.165, 1.54) is 114 Å². The standard InChI is InChI=1S/C54H36N2S/c1-2-13-33-28-37(25-24-32(33)12-1)52-54-41(40-17-7-10-23-49(40)57-54)19-11-20-46(55-52)38-27-26-36-31-45-39-16-5-8-21-47(39)56-48-22-9-6-18-42(48)51(53(45)56)50(36)44-30-35-15-4-3-14-34(35)29-43(38)44/h1-10,12-18,20-25,28-31,38H,11,19,26-27H2/b46-20-,55-52-. The molecule has 2 nitrogen and oxygen atoms in total. The predicted molar refractivity (Wildman–Crippen MR) is 243 cm³/mol. The molecule has 0 saturated carbocycles. The fourth-order valence-electron chi connectivity index (χ4n) is 10.5. The van der Waals surface area contributed by atoms with Gasteiger partial charge in [-0.15, -0.1) is 11.3 Å². The molecule has 2 aliphatic rings. The molecule has 13 rings (SSSR count). The van der Waals surface area contributed by atoms with E-state index in [1.54, 1.807) is 0 Å². The van der Waals surface area contributed by atoms with Gasteiger partial charge in [0.05, 0.1) is 27.1 Å². The number of rotatable bonds is 2. The van der Waals surface area contributed by atoms with Crippen LogP contribution >= 0.6 is 11.3 Å². The van der Waals surface area contributed by atoms with Gasteiger partial charge in [0, 0.05) is 43.4 Å². The molecule has 57 heavy (non-hydrogen) atoms. The van der Waals surface area contributed by atoms with Crippen molar-refractivity contribution in [3.63, 3.8) is 0 Å². The Bertz CT molecular complexity index is 3540. The number of hydrogen-bond donors (Lipinski definition) is 0. The van der Waals surface area contributed by atoms with E-state index in [0.29, 0.717) is 0 Å². The van der Waals surface area contributed by atoms with Gasteiger partial charge in [0.25, 0.3) is 0 Å². The molecule has 3 aromatic heterocycles. The van der Waals surface area contributed by atoms with Gasteiger partial charge in [0.2, 0.25) is 0 Å². The average molecular weight is 745 g/mol. The van der Waals surface area contributed by atoms with Crippen molar-refractivity contribution in [2.45, 2.75) is 31.6 Å². The van der Waals surface area contributed by atoms with E-state index in [9.17, 15) is 0 Å².